The van der Waals surface area contributed by atoms with Crippen LogP contribution in [-0.4, -0.2) is 42.9 Å². The Bertz CT molecular complexity index is 516. The molecule has 0 aromatic carbocycles. The maximum Gasteiger partial charge on any atom is 0.385 e. The van der Waals surface area contributed by atoms with E-state index in [1.54, 1.807) is 0 Å². The summed E-state index contributed by atoms with van der Waals surface area (Å²) in [5, 5.41) is 0. The summed E-state index contributed by atoms with van der Waals surface area (Å²) in [5.74, 6) is -0.353. The van der Waals surface area contributed by atoms with E-state index in [2.05, 4.69) is 19.1 Å². The maximum absolute atomic E-state index is 12.5. The molecule has 0 radical (unpaired) electrons. The van der Waals surface area contributed by atoms with Gasteiger partial charge in [-0.15, -0.1) is 0 Å². The predicted molar refractivity (Wildman–Crippen MR) is 150 cm³/mol. The van der Waals surface area contributed by atoms with Crippen molar-refractivity contribution in [3.8, 4) is 0 Å². The number of hydrogen-bond donors (Lipinski definition) is 1. The summed E-state index contributed by atoms with van der Waals surface area (Å²) in [7, 11) is 2.30. The molecule has 0 aliphatic rings. The van der Waals surface area contributed by atoms with Crippen LogP contribution in [0.3, 0.4) is 0 Å². The van der Waals surface area contributed by atoms with Crippen LogP contribution >= 0.6 is 7.60 Å². The maximum atomic E-state index is 12.5. The van der Waals surface area contributed by atoms with Crippen LogP contribution in [0.15, 0.2) is 12.2 Å². The molecule has 34 heavy (non-hydrogen) atoms. The summed E-state index contributed by atoms with van der Waals surface area (Å²) in [6, 6.07) is 0. The Hall–Kier alpha value is -0.150. The van der Waals surface area contributed by atoms with Gasteiger partial charge in [0.2, 0.25) is 0 Å². The highest BCUT2D eigenvalue weighted by Crippen LogP contribution is 2.51. The van der Waals surface area contributed by atoms with Gasteiger partial charge in [0.15, 0.2) is 5.78 Å². The lowest BCUT2D eigenvalue weighted by Crippen LogP contribution is -2.44. The molecular weight excluding hydrogens is 441 g/mol. The predicted octanol–water partition coefficient (Wildman–Crippen LogP) is 9.62. The van der Waals surface area contributed by atoms with Crippen LogP contribution in [0.5, 0.6) is 0 Å². The summed E-state index contributed by atoms with van der Waals surface area (Å²) in [4.78, 5) is 10.3. The molecular formula is C29H61NO3P+. The zero-order chi connectivity index (χ0) is 25.5. The smallest absolute Gasteiger partial charge is 0.320 e. The highest BCUT2D eigenvalue weighted by atomic mass is 31.2. The molecule has 0 saturated heterocycles. The molecule has 0 aliphatic heterocycles. The van der Waals surface area contributed by atoms with E-state index in [1.807, 2.05) is 28.1 Å². The molecule has 0 aromatic rings. The lowest BCUT2D eigenvalue weighted by molar-refractivity contribution is -0.883. The first kappa shape index (κ1) is 33.8. The van der Waals surface area contributed by atoms with Gasteiger partial charge in [0.25, 0.3) is 0 Å². The minimum atomic E-state index is -3.56. The average Bonchev–Trinajstić information content (AvgIpc) is 2.76. The summed E-state index contributed by atoms with van der Waals surface area (Å²) in [6.45, 7) is 4.63. The SMILES string of the molecule is CCCCCCCCCCCCCC/C=C\CCCCCCCOP(=O)(O)C(CC)[N+](C)(C)C. The standard InChI is InChI=1S/C29H60NO3P/c1-6-8-9-10-11-12-13-14-15-16-17-18-19-20-21-22-23-24-25-26-27-28-33-34(31,32)29(7-2)30(3,4)5/h20-21,29H,6-19,22-28H2,1-5H3/p+1/b21-20-. The largest absolute Gasteiger partial charge is 0.385 e. The van der Waals surface area contributed by atoms with Crippen LogP contribution in [0.4, 0.5) is 0 Å². The zero-order valence-corrected chi connectivity index (χ0v) is 24.6. The number of nitrogens with zero attached hydrogens (tertiary/aromatic N) is 1. The van der Waals surface area contributed by atoms with Crippen molar-refractivity contribution >= 4 is 7.60 Å². The van der Waals surface area contributed by atoms with E-state index in [4.69, 9.17) is 4.52 Å². The number of quaternary nitrogens is 1. The van der Waals surface area contributed by atoms with Crippen LogP contribution in [0, 0.1) is 0 Å². The highest BCUT2D eigenvalue weighted by Gasteiger charge is 2.41. The van der Waals surface area contributed by atoms with Gasteiger partial charge in [0, 0.05) is 6.42 Å². The first-order chi connectivity index (χ1) is 16.3. The van der Waals surface area contributed by atoms with Crippen molar-refractivity contribution in [2.45, 2.75) is 148 Å². The van der Waals surface area contributed by atoms with Crippen LogP contribution in [0.25, 0.3) is 0 Å². The number of hydrogen-bond acceptors (Lipinski definition) is 2. The molecule has 0 spiro atoms. The molecule has 0 rings (SSSR count). The topological polar surface area (TPSA) is 46.5 Å². The van der Waals surface area contributed by atoms with Gasteiger partial charge in [0.1, 0.15) is 0 Å². The van der Waals surface area contributed by atoms with E-state index in [9.17, 15) is 9.46 Å². The van der Waals surface area contributed by atoms with Gasteiger partial charge in [-0.25, -0.2) is 0 Å². The fourth-order valence-electron chi connectivity index (χ4n) is 4.73. The second kappa shape index (κ2) is 22.1. The third kappa shape index (κ3) is 20.1. The van der Waals surface area contributed by atoms with Gasteiger partial charge in [-0.2, -0.15) is 0 Å². The molecule has 1 N–H and O–H groups in total. The fraction of sp³-hybridized carbons (Fsp3) is 0.931. The number of allylic oxidation sites excluding steroid dienone is 2. The van der Waals surface area contributed by atoms with Gasteiger partial charge in [-0.05, 0) is 32.1 Å². The highest BCUT2D eigenvalue weighted by molar-refractivity contribution is 7.53. The second-order valence-corrected chi connectivity index (χ2v) is 13.1. The lowest BCUT2D eigenvalue weighted by atomic mass is 10.0. The quantitative estimate of drug-likeness (QED) is 0.0585. The summed E-state index contributed by atoms with van der Waals surface area (Å²) < 4.78 is 18.4. The van der Waals surface area contributed by atoms with E-state index in [0.717, 1.165) is 12.8 Å². The molecule has 0 aliphatic carbocycles. The van der Waals surface area contributed by atoms with E-state index in [1.165, 1.54) is 109 Å². The summed E-state index contributed by atoms with van der Waals surface area (Å²) in [6.07, 6.45) is 30.4. The van der Waals surface area contributed by atoms with E-state index >= 15 is 0 Å². The van der Waals surface area contributed by atoms with Gasteiger partial charge < -0.3 is 13.9 Å². The first-order valence-corrected chi connectivity index (χ1v) is 16.3. The minimum Gasteiger partial charge on any atom is -0.320 e. The Morgan fingerprint density at radius 1 is 0.676 bits per heavy atom. The summed E-state index contributed by atoms with van der Waals surface area (Å²) >= 11 is 0. The molecule has 2 atom stereocenters. The zero-order valence-electron chi connectivity index (χ0n) is 23.7. The monoisotopic (exact) mass is 502 g/mol. The Labute approximate surface area is 214 Å². The van der Waals surface area contributed by atoms with Crippen molar-refractivity contribution in [2.75, 3.05) is 27.7 Å². The van der Waals surface area contributed by atoms with Gasteiger partial charge in [0.05, 0.1) is 27.7 Å². The molecule has 0 bridgehead atoms. The Kier molecular flexibility index (Phi) is 22.0. The van der Waals surface area contributed by atoms with E-state index in [0.29, 0.717) is 17.5 Å². The van der Waals surface area contributed by atoms with Crippen LogP contribution in [0.1, 0.15) is 142 Å². The molecule has 0 aromatic heterocycles. The minimum absolute atomic E-state index is 0.353. The third-order valence-electron chi connectivity index (χ3n) is 6.82. The van der Waals surface area contributed by atoms with Crippen molar-refractivity contribution in [3.05, 3.63) is 12.2 Å². The second-order valence-electron chi connectivity index (χ2n) is 11.1. The van der Waals surface area contributed by atoms with E-state index in [-0.39, 0.29) is 5.78 Å². The van der Waals surface area contributed by atoms with Crippen LogP contribution in [0.2, 0.25) is 0 Å². The third-order valence-corrected chi connectivity index (χ3v) is 9.18. The number of rotatable bonds is 25. The molecule has 0 amide bonds. The van der Waals surface area contributed by atoms with Crippen molar-refractivity contribution in [1.82, 2.24) is 0 Å². The van der Waals surface area contributed by atoms with Gasteiger partial charge >= 0.3 is 7.60 Å². The van der Waals surface area contributed by atoms with Crippen LogP contribution in [-0.2, 0) is 9.09 Å². The van der Waals surface area contributed by atoms with Crippen molar-refractivity contribution in [2.24, 2.45) is 0 Å². The molecule has 0 heterocycles. The molecule has 0 saturated carbocycles. The van der Waals surface area contributed by atoms with Crippen LogP contribution < -0.4 is 0 Å². The average molecular weight is 503 g/mol. The Balaban J connectivity index is 3.43. The van der Waals surface area contributed by atoms with E-state index < -0.39 is 7.60 Å². The molecule has 2 unspecified atom stereocenters. The number of unbranched alkanes of at least 4 members (excludes halogenated alkanes) is 17. The fourth-order valence-corrected chi connectivity index (χ4v) is 6.63. The molecule has 5 heteroatoms. The Morgan fingerprint density at radius 2 is 1.06 bits per heavy atom. The van der Waals surface area contributed by atoms with Crippen molar-refractivity contribution < 1.29 is 18.5 Å². The van der Waals surface area contributed by atoms with Gasteiger partial charge in [-0.1, -0.05) is 116 Å². The normalized spacial score (nSPS) is 15.1. The van der Waals surface area contributed by atoms with Crippen molar-refractivity contribution in [1.29, 1.82) is 0 Å². The molecule has 4 nitrogen and oxygen atoms in total. The Morgan fingerprint density at radius 3 is 1.44 bits per heavy atom. The molecule has 204 valence electrons. The van der Waals surface area contributed by atoms with Crippen molar-refractivity contribution in [3.63, 3.8) is 0 Å². The lowest BCUT2D eigenvalue weighted by Gasteiger charge is -2.35. The van der Waals surface area contributed by atoms with Gasteiger partial charge in [-0.3, -0.25) is 4.57 Å². The first-order valence-electron chi connectivity index (χ1n) is 14.7. The summed E-state index contributed by atoms with van der Waals surface area (Å²) in [5.41, 5.74) is 0. The molecule has 0 fully saturated rings.